The molecule has 100 valence electrons. The molecule has 0 bridgehead atoms. The van der Waals surface area contributed by atoms with Gasteiger partial charge in [0.1, 0.15) is 6.61 Å². The van der Waals surface area contributed by atoms with Crippen LogP contribution in [0.2, 0.25) is 5.02 Å². The molecule has 0 spiro atoms. The summed E-state index contributed by atoms with van der Waals surface area (Å²) in [6, 6.07) is 8.33. The summed E-state index contributed by atoms with van der Waals surface area (Å²) in [5.74, 6) is -0.341. The highest BCUT2D eigenvalue weighted by Gasteiger charge is 2.07. The zero-order valence-electron chi connectivity index (χ0n) is 10.3. The number of hydrogen-bond acceptors (Lipinski definition) is 3. The molecule has 0 unspecified atom stereocenters. The second-order valence-corrected chi connectivity index (χ2v) is 4.34. The Morgan fingerprint density at radius 1 is 1.26 bits per heavy atom. The van der Waals surface area contributed by atoms with Crippen molar-refractivity contribution >= 4 is 11.6 Å². The zero-order valence-corrected chi connectivity index (χ0v) is 11.0. The van der Waals surface area contributed by atoms with Gasteiger partial charge in [0.15, 0.2) is 11.6 Å². The molecule has 0 aliphatic rings. The normalized spacial score (nSPS) is 10.4. The average molecular weight is 281 g/mol. The van der Waals surface area contributed by atoms with E-state index in [1.54, 1.807) is 24.5 Å². The molecule has 0 aliphatic heterocycles. The Labute approximate surface area is 116 Å². The van der Waals surface area contributed by atoms with E-state index in [4.69, 9.17) is 16.3 Å². The lowest BCUT2D eigenvalue weighted by Gasteiger charge is -2.09. The number of rotatable bonds is 6. The highest BCUT2D eigenvalue weighted by molar-refractivity contribution is 6.32. The van der Waals surface area contributed by atoms with Crippen LogP contribution in [-0.2, 0) is 6.54 Å². The molecule has 1 aromatic heterocycles. The van der Waals surface area contributed by atoms with Gasteiger partial charge in [0.2, 0.25) is 0 Å². The molecule has 0 saturated heterocycles. The summed E-state index contributed by atoms with van der Waals surface area (Å²) >= 11 is 5.84. The van der Waals surface area contributed by atoms with Gasteiger partial charge in [0.05, 0.1) is 5.02 Å². The molecular formula is C14H14ClFN2O. The van der Waals surface area contributed by atoms with Crippen molar-refractivity contribution in [2.75, 3.05) is 13.2 Å². The number of pyridine rings is 1. The Morgan fingerprint density at radius 3 is 2.89 bits per heavy atom. The topological polar surface area (TPSA) is 34.1 Å². The van der Waals surface area contributed by atoms with Crippen molar-refractivity contribution in [3.8, 4) is 5.75 Å². The molecule has 0 aliphatic carbocycles. The number of nitrogens with zero attached hydrogens (tertiary/aromatic N) is 1. The number of ether oxygens (including phenoxy) is 1. The fourth-order valence-electron chi connectivity index (χ4n) is 1.58. The first-order chi connectivity index (χ1) is 9.27. The molecule has 2 aromatic rings. The summed E-state index contributed by atoms with van der Waals surface area (Å²) in [5.41, 5.74) is 1.09. The van der Waals surface area contributed by atoms with Crippen LogP contribution in [0.5, 0.6) is 5.75 Å². The van der Waals surface area contributed by atoms with Crippen LogP contribution in [0, 0.1) is 5.82 Å². The van der Waals surface area contributed by atoms with Gasteiger partial charge in [0.25, 0.3) is 0 Å². The predicted octanol–water partition coefficient (Wildman–Crippen LogP) is 3.04. The van der Waals surface area contributed by atoms with E-state index >= 15 is 0 Å². The Bertz CT molecular complexity index is 502. The number of nitrogens with one attached hydrogen (secondary N) is 1. The summed E-state index contributed by atoms with van der Waals surface area (Å²) in [6.45, 7) is 1.64. The average Bonchev–Trinajstić information content (AvgIpc) is 2.42. The van der Waals surface area contributed by atoms with Crippen LogP contribution in [0.4, 0.5) is 4.39 Å². The quantitative estimate of drug-likeness (QED) is 0.826. The lowest BCUT2D eigenvalue weighted by molar-refractivity contribution is 0.298. The number of halogens is 2. The molecule has 1 N–H and O–H groups in total. The highest BCUT2D eigenvalue weighted by atomic mass is 35.5. The van der Waals surface area contributed by atoms with Crippen LogP contribution in [0.1, 0.15) is 5.56 Å². The van der Waals surface area contributed by atoms with Gasteiger partial charge in [-0.15, -0.1) is 0 Å². The molecule has 3 nitrogen and oxygen atoms in total. The van der Waals surface area contributed by atoms with Gasteiger partial charge in [0, 0.05) is 25.5 Å². The van der Waals surface area contributed by atoms with Gasteiger partial charge in [-0.25, -0.2) is 4.39 Å². The first-order valence-electron chi connectivity index (χ1n) is 5.94. The van der Waals surface area contributed by atoms with Crippen molar-refractivity contribution in [1.82, 2.24) is 10.3 Å². The van der Waals surface area contributed by atoms with E-state index in [1.165, 1.54) is 6.07 Å². The zero-order chi connectivity index (χ0) is 13.5. The predicted molar refractivity (Wildman–Crippen MR) is 72.8 cm³/mol. The minimum atomic E-state index is -0.445. The van der Waals surface area contributed by atoms with Crippen LogP contribution < -0.4 is 10.1 Å². The molecule has 19 heavy (non-hydrogen) atoms. The van der Waals surface area contributed by atoms with Crippen molar-refractivity contribution in [1.29, 1.82) is 0 Å². The molecule has 0 fully saturated rings. The molecule has 2 rings (SSSR count). The molecule has 0 radical (unpaired) electrons. The number of para-hydroxylation sites is 1. The summed E-state index contributed by atoms with van der Waals surface area (Å²) in [4.78, 5) is 4.02. The van der Waals surface area contributed by atoms with Crippen LogP contribution in [0.15, 0.2) is 42.7 Å². The monoisotopic (exact) mass is 280 g/mol. The van der Waals surface area contributed by atoms with Crippen LogP contribution in [0.25, 0.3) is 0 Å². The maximum atomic E-state index is 13.4. The lowest BCUT2D eigenvalue weighted by Crippen LogP contribution is -2.20. The molecule has 1 aromatic carbocycles. The van der Waals surface area contributed by atoms with Gasteiger partial charge in [-0.3, -0.25) is 4.98 Å². The fourth-order valence-corrected chi connectivity index (χ4v) is 1.80. The minimum Gasteiger partial charge on any atom is -0.488 e. The molecule has 0 atom stereocenters. The second kappa shape index (κ2) is 7.07. The highest BCUT2D eigenvalue weighted by Crippen LogP contribution is 2.26. The molecule has 1 heterocycles. The third-order valence-corrected chi connectivity index (χ3v) is 2.79. The van der Waals surface area contributed by atoms with E-state index in [1.807, 2.05) is 12.1 Å². The first-order valence-corrected chi connectivity index (χ1v) is 6.31. The van der Waals surface area contributed by atoms with E-state index in [9.17, 15) is 4.39 Å². The van der Waals surface area contributed by atoms with E-state index in [0.29, 0.717) is 19.7 Å². The Morgan fingerprint density at radius 2 is 2.16 bits per heavy atom. The number of aromatic nitrogens is 1. The molecular weight excluding hydrogens is 267 g/mol. The van der Waals surface area contributed by atoms with Crippen molar-refractivity contribution < 1.29 is 9.13 Å². The maximum Gasteiger partial charge on any atom is 0.173 e. The summed E-state index contributed by atoms with van der Waals surface area (Å²) in [6.07, 6.45) is 3.52. The third-order valence-electron chi connectivity index (χ3n) is 2.50. The van der Waals surface area contributed by atoms with E-state index in [-0.39, 0.29) is 10.8 Å². The smallest absolute Gasteiger partial charge is 0.173 e. The van der Waals surface area contributed by atoms with Crippen LogP contribution in [0.3, 0.4) is 0 Å². The summed E-state index contributed by atoms with van der Waals surface area (Å²) in [7, 11) is 0. The van der Waals surface area contributed by atoms with Gasteiger partial charge in [-0.05, 0) is 23.8 Å². The maximum absolute atomic E-state index is 13.4. The van der Waals surface area contributed by atoms with Gasteiger partial charge >= 0.3 is 0 Å². The minimum absolute atomic E-state index is 0.104. The standard InChI is InChI=1S/C14H14ClFN2O/c15-12-4-1-5-13(16)14(12)19-8-7-18-10-11-3-2-6-17-9-11/h1-6,9,18H,7-8,10H2. The Kier molecular flexibility index (Phi) is 5.12. The second-order valence-electron chi connectivity index (χ2n) is 3.94. The van der Waals surface area contributed by atoms with Crippen LogP contribution >= 0.6 is 11.6 Å². The lowest BCUT2D eigenvalue weighted by atomic mass is 10.3. The number of benzene rings is 1. The van der Waals surface area contributed by atoms with Crippen molar-refractivity contribution in [3.63, 3.8) is 0 Å². The van der Waals surface area contributed by atoms with E-state index in [0.717, 1.165) is 5.56 Å². The fraction of sp³-hybridized carbons (Fsp3) is 0.214. The Hall–Kier alpha value is -1.65. The van der Waals surface area contributed by atoms with Gasteiger partial charge in [-0.2, -0.15) is 0 Å². The van der Waals surface area contributed by atoms with Gasteiger partial charge < -0.3 is 10.1 Å². The first kappa shape index (κ1) is 13.8. The molecule has 5 heteroatoms. The molecule has 0 saturated carbocycles. The third kappa shape index (κ3) is 4.19. The summed E-state index contributed by atoms with van der Waals surface area (Å²) < 4.78 is 18.7. The van der Waals surface area contributed by atoms with Crippen LogP contribution in [-0.4, -0.2) is 18.1 Å². The van der Waals surface area contributed by atoms with Crippen molar-refractivity contribution in [2.24, 2.45) is 0 Å². The van der Waals surface area contributed by atoms with Crippen molar-refractivity contribution in [2.45, 2.75) is 6.54 Å². The van der Waals surface area contributed by atoms with E-state index in [2.05, 4.69) is 10.3 Å². The van der Waals surface area contributed by atoms with Gasteiger partial charge in [-0.1, -0.05) is 23.7 Å². The van der Waals surface area contributed by atoms with Crippen molar-refractivity contribution in [3.05, 3.63) is 59.1 Å². The largest absolute Gasteiger partial charge is 0.488 e. The van der Waals surface area contributed by atoms with E-state index < -0.39 is 5.82 Å². The Balaban J connectivity index is 1.73. The molecule has 0 amide bonds. The summed E-state index contributed by atoms with van der Waals surface area (Å²) in [5, 5.41) is 3.46. The number of hydrogen-bond donors (Lipinski definition) is 1. The SMILES string of the molecule is Fc1cccc(Cl)c1OCCNCc1cccnc1.